The molecular weight excluding hydrogens is 376 g/mol. The number of ether oxygens (including phenoxy) is 2. The lowest BCUT2D eigenvalue weighted by Gasteiger charge is -2.24. The summed E-state index contributed by atoms with van der Waals surface area (Å²) < 4.78 is 11.0. The Kier molecular flexibility index (Phi) is 5.82. The molecule has 0 radical (unpaired) electrons. The maximum atomic E-state index is 11.1. The summed E-state index contributed by atoms with van der Waals surface area (Å²) in [5.41, 5.74) is 3.36. The summed E-state index contributed by atoms with van der Waals surface area (Å²) in [6, 6.07) is 23.3. The molecule has 0 fully saturated rings. The Morgan fingerprint density at radius 3 is 2.47 bits per heavy atom. The van der Waals surface area contributed by atoms with Crippen LogP contribution in [0.3, 0.4) is 0 Å². The van der Waals surface area contributed by atoms with Crippen LogP contribution < -0.4 is 14.8 Å². The molecule has 0 amide bonds. The molecule has 1 unspecified atom stereocenters. The van der Waals surface area contributed by atoms with Gasteiger partial charge in [0.1, 0.15) is 22.8 Å². The van der Waals surface area contributed by atoms with E-state index < -0.39 is 0 Å². The molecule has 0 saturated carbocycles. The van der Waals surface area contributed by atoms with Crippen LogP contribution in [0.2, 0.25) is 0 Å². The van der Waals surface area contributed by atoms with Crippen molar-refractivity contribution in [3.05, 3.63) is 95.7 Å². The minimum atomic E-state index is -0.308. The van der Waals surface area contributed by atoms with E-state index in [1.807, 2.05) is 60.7 Å². The lowest BCUT2D eigenvalue weighted by Crippen LogP contribution is -2.23. The first-order valence-electron chi connectivity index (χ1n) is 9.77. The van der Waals surface area contributed by atoms with Gasteiger partial charge in [0.05, 0.1) is 20.3 Å². The standard InChI is InChI=1S/C25H24N2O3/c1-29-19-11-13-20(22(15-19)30-2)24(27-16-17-7-4-3-5-8-17)21-12-10-18-9-6-14-26-23(18)25(21)28/h3-15,24,27-28H,16H2,1-2H3. The Morgan fingerprint density at radius 1 is 0.900 bits per heavy atom. The van der Waals surface area contributed by atoms with E-state index in [0.717, 1.165) is 22.1 Å². The largest absolute Gasteiger partial charge is 0.505 e. The first-order chi connectivity index (χ1) is 14.7. The summed E-state index contributed by atoms with van der Waals surface area (Å²) in [6.45, 7) is 0.625. The zero-order chi connectivity index (χ0) is 20.9. The maximum Gasteiger partial charge on any atom is 0.146 e. The van der Waals surface area contributed by atoms with Crippen molar-refractivity contribution in [1.82, 2.24) is 10.3 Å². The Morgan fingerprint density at radius 2 is 1.70 bits per heavy atom. The van der Waals surface area contributed by atoms with Crippen molar-refractivity contribution in [3.8, 4) is 17.2 Å². The van der Waals surface area contributed by atoms with Crippen molar-refractivity contribution in [3.63, 3.8) is 0 Å². The fraction of sp³-hybridized carbons (Fsp3) is 0.160. The third-order valence-corrected chi connectivity index (χ3v) is 5.19. The summed E-state index contributed by atoms with van der Waals surface area (Å²) in [4.78, 5) is 4.38. The van der Waals surface area contributed by atoms with Crippen molar-refractivity contribution in [2.24, 2.45) is 0 Å². The van der Waals surface area contributed by atoms with Gasteiger partial charge in [0.25, 0.3) is 0 Å². The predicted molar refractivity (Wildman–Crippen MR) is 118 cm³/mol. The number of methoxy groups -OCH3 is 2. The topological polar surface area (TPSA) is 63.6 Å². The number of hydrogen-bond acceptors (Lipinski definition) is 5. The second kappa shape index (κ2) is 8.84. The molecular formula is C25H24N2O3. The fourth-order valence-corrected chi connectivity index (χ4v) is 3.64. The summed E-state index contributed by atoms with van der Waals surface area (Å²) >= 11 is 0. The molecule has 0 aliphatic carbocycles. The third kappa shape index (κ3) is 3.93. The first-order valence-corrected chi connectivity index (χ1v) is 9.77. The van der Waals surface area contributed by atoms with E-state index >= 15 is 0 Å². The van der Waals surface area contributed by atoms with Gasteiger partial charge in [0, 0.05) is 35.3 Å². The van der Waals surface area contributed by atoms with Crippen LogP contribution in [0.5, 0.6) is 17.2 Å². The van der Waals surface area contributed by atoms with Crippen LogP contribution in [-0.2, 0) is 6.54 Å². The zero-order valence-electron chi connectivity index (χ0n) is 17.0. The van der Waals surface area contributed by atoms with E-state index in [9.17, 15) is 5.11 Å². The van der Waals surface area contributed by atoms with Crippen molar-refractivity contribution in [2.75, 3.05) is 14.2 Å². The fourth-order valence-electron chi connectivity index (χ4n) is 3.64. The van der Waals surface area contributed by atoms with Crippen LogP contribution in [0.25, 0.3) is 10.9 Å². The van der Waals surface area contributed by atoms with E-state index in [0.29, 0.717) is 23.6 Å². The number of aromatic nitrogens is 1. The van der Waals surface area contributed by atoms with Gasteiger partial charge in [-0.1, -0.05) is 48.5 Å². The second-order valence-corrected chi connectivity index (χ2v) is 6.99. The highest BCUT2D eigenvalue weighted by atomic mass is 16.5. The number of phenols is 1. The van der Waals surface area contributed by atoms with Gasteiger partial charge in [-0.2, -0.15) is 0 Å². The number of nitrogens with one attached hydrogen (secondary N) is 1. The Bertz CT molecular complexity index is 1150. The molecule has 1 atom stereocenters. The van der Waals surface area contributed by atoms with Crippen LogP contribution in [0.4, 0.5) is 0 Å². The highest BCUT2D eigenvalue weighted by molar-refractivity contribution is 5.85. The smallest absolute Gasteiger partial charge is 0.146 e. The van der Waals surface area contributed by atoms with Gasteiger partial charge in [-0.25, -0.2) is 0 Å². The summed E-state index contributed by atoms with van der Waals surface area (Å²) in [5.74, 6) is 1.55. The highest BCUT2D eigenvalue weighted by Crippen LogP contribution is 2.39. The molecule has 5 nitrogen and oxygen atoms in total. The van der Waals surface area contributed by atoms with Gasteiger partial charge in [0.15, 0.2) is 0 Å². The quantitative estimate of drug-likeness (QED) is 0.465. The van der Waals surface area contributed by atoms with Crippen LogP contribution in [-0.4, -0.2) is 24.3 Å². The molecule has 3 aromatic carbocycles. The van der Waals surface area contributed by atoms with E-state index in [2.05, 4.69) is 22.4 Å². The van der Waals surface area contributed by atoms with Gasteiger partial charge in [0.2, 0.25) is 0 Å². The van der Waals surface area contributed by atoms with Gasteiger partial charge in [-0.05, 0) is 23.8 Å². The van der Waals surface area contributed by atoms with Crippen LogP contribution in [0.15, 0.2) is 79.0 Å². The summed E-state index contributed by atoms with van der Waals surface area (Å²) in [6.07, 6.45) is 1.69. The van der Waals surface area contributed by atoms with Crippen LogP contribution in [0, 0.1) is 0 Å². The molecule has 2 N–H and O–H groups in total. The lowest BCUT2D eigenvalue weighted by atomic mass is 9.95. The van der Waals surface area contributed by atoms with Crippen molar-refractivity contribution >= 4 is 10.9 Å². The second-order valence-electron chi connectivity index (χ2n) is 6.99. The molecule has 0 spiro atoms. The van der Waals surface area contributed by atoms with Crippen LogP contribution in [0.1, 0.15) is 22.7 Å². The number of phenolic OH excluding ortho intramolecular Hbond substituents is 1. The molecule has 5 heteroatoms. The van der Waals surface area contributed by atoms with Crippen molar-refractivity contribution in [2.45, 2.75) is 12.6 Å². The van der Waals surface area contributed by atoms with E-state index in [1.54, 1.807) is 20.4 Å². The molecule has 1 aromatic heterocycles. The van der Waals surface area contributed by atoms with E-state index in [4.69, 9.17) is 9.47 Å². The van der Waals surface area contributed by atoms with Gasteiger partial charge < -0.3 is 19.9 Å². The van der Waals surface area contributed by atoms with Gasteiger partial charge in [-0.3, -0.25) is 4.98 Å². The summed E-state index contributed by atoms with van der Waals surface area (Å²) in [5, 5.41) is 15.5. The maximum absolute atomic E-state index is 11.1. The number of fused-ring (bicyclic) bond motifs is 1. The predicted octanol–water partition coefficient (Wildman–Crippen LogP) is 4.84. The Hall–Kier alpha value is -3.57. The molecule has 4 aromatic rings. The highest BCUT2D eigenvalue weighted by Gasteiger charge is 2.23. The SMILES string of the molecule is COc1ccc(C(NCc2ccccc2)c2ccc3cccnc3c2O)c(OC)c1. The lowest BCUT2D eigenvalue weighted by molar-refractivity contribution is 0.386. The van der Waals surface area contributed by atoms with Crippen LogP contribution >= 0.6 is 0 Å². The average Bonchev–Trinajstić information content (AvgIpc) is 2.81. The molecule has 152 valence electrons. The zero-order valence-corrected chi connectivity index (χ0v) is 17.0. The van der Waals surface area contributed by atoms with Gasteiger partial charge >= 0.3 is 0 Å². The van der Waals surface area contributed by atoms with E-state index in [1.165, 1.54) is 0 Å². The van der Waals surface area contributed by atoms with Gasteiger partial charge in [-0.15, -0.1) is 0 Å². The van der Waals surface area contributed by atoms with E-state index in [-0.39, 0.29) is 11.8 Å². The molecule has 0 aliphatic rings. The number of pyridine rings is 1. The Labute approximate surface area is 175 Å². The first kappa shape index (κ1) is 19.7. The number of nitrogens with zero attached hydrogens (tertiary/aromatic N) is 1. The van der Waals surface area contributed by atoms with Crippen molar-refractivity contribution in [1.29, 1.82) is 0 Å². The van der Waals surface area contributed by atoms with Crippen molar-refractivity contribution < 1.29 is 14.6 Å². The number of rotatable bonds is 7. The molecule has 0 saturated heterocycles. The molecule has 1 heterocycles. The average molecular weight is 400 g/mol. The molecule has 4 rings (SSSR count). The minimum Gasteiger partial charge on any atom is -0.505 e. The summed E-state index contributed by atoms with van der Waals surface area (Å²) in [7, 11) is 3.26. The number of benzene rings is 3. The normalized spacial score (nSPS) is 11.9. The monoisotopic (exact) mass is 400 g/mol. The number of hydrogen-bond donors (Lipinski definition) is 2. The minimum absolute atomic E-state index is 0.163. The molecule has 0 bridgehead atoms. The molecule has 30 heavy (non-hydrogen) atoms. The Balaban J connectivity index is 1.81. The third-order valence-electron chi connectivity index (χ3n) is 5.19. The molecule has 0 aliphatic heterocycles. The number of aromatic hydroxyl groups is 1.